The molecule has 0 saturated heterocycles. The van der Waals surface area contributed by atoms with Crippen molar-refractivity contribution in [2.24, 2.45) is 5.92 Å². The number of nitrogens with zero attached hydrogens (tertiary/aromatic N) is 2. The van der Waals surface area contributed by atoms with Gasteiger partial charge in [-0.15, -0.1) is 0 Å². The van der Waals surface area contributed by atoms with Crippen LogP contribution in [-0.4, -0.2) is 27.5 Å². The number of aliphatic hydroxyl groups excluding tert-OH is 1. The summed E-state index contributed by atoms with van der Waals surface area (Å²) in [4.78, 5) is 0. The van der Waals surface area contributed by atoms with E-state index in [1.165, 1.54) is 18.4 Å². The smallest absolute Gasteiger partial charge is 0.0543 e. The van der Waals surface area contributed by atoms with Gasteiger partial charge in [0.15, 0.2) is 0 Å². The predicted molar refractivity (Wildman–Crippen MR) is 76.9 cm³/mol. The van der Waals surface area contributed by atoms with Gasteiger partial charge >= 0.3 is 0 Å². The first-order chi connectivity index (χ1) is 8.99. The van der Waals surface area contributed by atoms with Crippen LogP contribution in [0.3, 0.4) is 0 Å². The lowest BCUT2D eigenvalue weighted by Gasteiger charge is -2.27. The normalized spacial score (nSPS) is 24.6. The Hall–Kier alpha value is -0.870. The fraction of sp³-hybridized carbons (Fsp3) is 0.800. The molecule has 108 valence electrons. The molecule has 2 rings (SSSR count). The monoisotopic (exact) mass is 265 g/mol. The van der Waals surface area contributed by atoms with Gasteiger partial charge < -0.3 is 10.4 Å². The zero-order valence-corrected chi connectivity index (χ0v) is 12.4. The molecule has 2 N–H and O–H groups in total. The Labute approximate surface area is 116 Å². The quantitative estimate of drug-likeness (QED) is 0.878. The van der Waals surface area contributed by atoms with Crippen molar-refractivity contribution in [2.45, 2.75) is 64.6 Å². The van der Waals surface area contributed by atoms with Gasteiger partial charge in [0.05, 0.1) is 11.7 Å². The zero-order valence-electron chi connectivity index (χ0n) is 12.4. The first-order valence-corrected chi connectivity index (χ1v) is 7.37. The van der Waals surface area contributed by atoms with Gasteiger partial charge in [0, 0.05) is 31.0 Å². The van der Waals surface area contributed by atoms with E-state index in [2.05, 4.69) is 37.4 Å². The minimum absolute atomic E-state index is 0.0530. The highest BCUT2D eigenvalue weighted by molar-refractivity contribution is 5.05. The second-order valence-electron chi connectivity index (χ2n) is 6.75. The van der Waals surface area contributed by atoms with Crippen LogP contribution in [0.1, 0.15) is 52.0 Å². The molecule has 0 radical (unpaired) electrons. The third-order valence-corrected chi connectivity index (χ3v) is 4.02. The highest BCUT2D eigenvalue weighted by Gasteiger charge is 2.20. The van der Waals surface area contributed by atoms with Gasteiger partial charge in [-0.1, -0.05) is 0 Å². The summed E-state index contributed by atoms with van der Waals surface area (Å²) in [7, 11) is 0. The topological polar surface area (TPSA) is 50.1 Å². The van der Waals surface area contributed by atoms with Crippen LogP contribution in [0.2, 0.25) is 0 Å². The van der Waals surface area contributed by atoms with Crippen LogP contribution in [0.5, 0.6) is 0 Å². The maximum atomic E-state index is 9.13. The third-order valence-electron chi connectivity index (χ3n) is 4.02. The molecule has 19 heavy (non-hydrogen) atoms. The molecule has 0 spiro atoms. The standard InChI is InChI=1S/C15H27N3O/c1-15(2,3)18-10-13(9-17-18)8-16-14-6-4-12(11-19)5-7-14/h9-10,12,14,16,19H,4-8,11H2,1-3H3. The molecule has 0 aliphatic heterocycles. The highest BCUT2D eigenvalue weighted by atomic mass is 16.3. The van der Waals surface area contributed by atoms with Crippen molar-refractivity contribution >= 4 is 0 Å². The summed E-state index contributed by atoms with van der Waals surface area (Å²) in [5.41, 5.74) is 1.30. The van der Waals surface area contributed by atoms with Crippen LogP contribution in [0, 0.1) is 5.92 Å². The Morgan fingerprint density at radius 2 is 2.00 bits per heavy atom. The molecule has 1 aromatic rings. The minimum atomic E-state index is 0.0530. The number of hydrogen-bond donors (Lipinski definition) is 2. The van der Waals surface area contributed by atoms with Gasteiger partial charge in [-0.2, -0.15) is 5.10 Å². The lowest BCUT2D eigenvalue weighted by atomic mass is 9.86. The van der Waals surface area contributed by atoms with E-state index in [0.29, 0.717) is 18.6 Å². The van der Waals surface area contributed by atoms with Crippen molar-refractivity contribution in [3.63, 3.8) is 0 Å². The Kier molecular flexibility index (Phi) is 4.63. The molecule has 0 atom stereocenters. The van der Waals surface area contributed by atoms with Crippen LogP contribution in [0.15, 0.2) is 12.4 Å². The molecule has 1 saturated carbocycles. The largest absolute Gasteiger partial charge is 0.396 e. The summed E-state index contributed by atoms with van der Waals surface area (Å²) >= 11 is 0. The maximum absolute atomic E-state index is 9.13. The van der Waals surface area contributed by atoms with Crippen molar-refractivity contribution in [1.82, 2.24) is 15.1 Å². The van der Waals surface area contributed by atoms with Gasteiger partial charge in [-0.25, -0.2) is 0 Å². The van der Waals surface area contributed by atoms with Crippen LogP contribution in [0.4, 0.5) is 0 Å². The fourth-order valence-corrected chi connectivity index (χ4v) is 2.63. The summed E-state index contributed by atoms with van der Waals surface area (Å²) in [6.07, 6.45) is 8.74. The van der Waals surface area contributed by atoms with Crippen molar-refractivity contribution < 1.29 is 5.11 Å². The molecule has 4 heteroatoms. The molecule has 1 aliphatic carbocycles. The van der Waals surface area contributed by atoms with Gasteiger partial charge in [0.2, 0.25) is 0 Å². The van der Waals surface area contributed by atoms with E-state index in [0.717, 1.165) is 19.4 Å². The zero-order chi connectivity index (χ0) is 13.9. The van der Waals surface area contributed by atoms with E-state index < -0.39 is 0 Å². The van der Waals surface area contributed by atoms with Gasteiger partial charge in [0.25, 0.3) is 0 Å². The Morgan fingerprint density at radius 1 is 1.32 bits per heavy atom. The molecular formula is C15H27N3O. The molecule has 1 aromatic heterocycles. The number of aliphatic hydroxyl groups is 1. The number of rotatable bonds is 4. The van der Waals surface area contributed by atoms with Crippen molar-refractivity contribution in [3.05, 3.63) is 18.0 Å². The molecule has 1 fully saturated rings. The Bertz CT molecular complexity index is 386. The van der Waals surface area contributed by atoms with E-state index in [-0.39, 0.29) is 5.54 Å². The first-order valence-electron chi connectivity index (χ1n) is 7.37. The molecule has 1 heterocycles. The molecule has 0 bridgehead atoms. The summed E-state index contributed by atoms with van der Waals surface area (Å²) in [5, 5.41) is 17.2. The van der Waals surface area contributed by atoms with Crippen molar-refractivity contribution in [1.29, 1.82) is 0 Å². The minimum Gasteiger partial charge on any atom is -0.396 e. The summed E-state index contributed by atoms with van der Waals surface area (Å²) < 4.78 is 2.02. The van der Waals surface area contributed by atoms with E-state index in [1.807, 2.05) is 10.9 Å². The molecule has 1 aliphatic rings. The predicted octanol–water partition coefficient (Wildman–Crippen LogP) is 2.28. The Balaban J connectivity index is 1.78. The van der Waals surface area contributed by atoms with Crippen LogP contribution < -0.4 is 5.32 Å². The van der Waals surface area contributed by atoms with Gasteiger partial charge in [-0.3, -0.25) is 4.68 Å². The highest BCUT2D eigenvalue weighted by Crippen LogP contribution is 2.24. The van der Waals surface area contributed by atoms with Crippen molar-refractivity contribution in [3.8, 4) is 0 Å². The number of hydrogen-bond acceptors (Lipinski definition) is 3. The fourth-order valence-electron chi connectivity index (χ4n) is 2.63. The average Bonchev–Trinajstić information content (AvgIpc) is 2.86. The van der Waals surface area contributed by atoms with E-state index in [1.54, 1.807) is 0 Å². The first kappa shape index (κ1) is 14.5. The van der Waals surface area contributed by atoms with Crippen LogP contribution in [-0.2, 0) is 12.1 Å². The van der Waals surface area contributed by atoms with E-state index >= 15 is 0 Å². The summed E-state index contributed by atoms with van der Waals surface area (Å²) in [6, 6.07) is 0.598. The lowest BCUT2D eigenvalue weighted by Crippen LogP contribution is -2.33. The van der Waals surface area contributed by atoms with E-state index in [9.17, 15) is 0 Å². The SMILES string of the molecule is CC(C)(C)n1cc(CNC2CCC(CO)CC2)cn1. The molecule has 0 unspecified atom stereocenters. The summed E-state index contributed by atoms with van der Waals surface area (Å²) in [5.74, 6) is 0.529. The second-order valence-corrected chi connectivity index (χ2v) is 6.75. The third kappa shape index (κ3) is 4.05. The Morgan fingerprint density at radius 3 is 2.53 bits per heavy atom. The van der Waals surface area contributed by atoms with Gasteiger partial charge in [0.1, 0.15) is 0 Å². The molecule has 0 aromatic carbocycles. The molecule has 0 amide bonds. The summed E-state index contributed by atoms with van der Waals surface area (Å²) in [6.45, 7) is 7.73. The van der Waals surface area contributed by atoms with Crippen molar-refractivity contribution in [2.75, 3.05) is 6.61 Å². The molecule has 4 nitrogen and oxygen atoms in total. The van der Waals surface area contributed by atoms with Crippen LogP contribution in [0.25, 0.3) is 0 Å². The maximum Gasteiger partial charge on any atom is 0.0543 e. The van der Waals surface area contributed by atoms with Gasteiger partial charge in [-0.05, 0) is 52.4 Å². The molecular weight excluding hydrogens is 238 g/mol. The second kappa shape index (κ2) is 6.06. The van der Waals surface area contributed by atoms with E-state index in [4.69, 9.17) is 5.11 Å². The number of nitrogens with one attached hydrogen (secondary N) is 1. The lowest BCUT2D eigenvalue weighted by molar-refractivity contribution is 0.175. The number of aromatic nitrogens is 2. The van der Waals surface area contributed by atoms with Crippen LogP contribution >= 0.6 is 0 Å². The average molecular weight is 265 g/mol.